The van der Waals surface area contributed by atoms with Crippen LogP contribution in [-0.4, -0.2) is 49.8 Å². The molecule has 1 aliphatic rings. The number of benzene rings is 1. The summed E-state index contributed by atoms with van der Waals surface area (Å²) in [6, 6.07) is 10.5. The molecule has 0 spiro atoms. The molecular weight excluding hydrogens is 423 g/mol. The highest BCUT2D eigenvalue weighted by atomic mass is 31.2. The van der Waals surface area contributed by atoms with Crippen LogP contribution < -0.4 is 15.7 Å². The second-order valence-corrected chi connectivity index (χ2v) is 8.93. The molecule has 0 bridgehead atoms. The maximum atomic E-state index is 12.2. The van der Waals surface area contributed by atoms with Gasteiger partial charge in [-0.2, -0.15) is 0 Å². The Bertz CT molecular complexity index is 974. The van der Waals surface area contributed by atoms with Gasteiger partial charge in [0.2, 0.25) is 0 Å². The Morgan fingerprint density at radius 2 is 1.84 bits per heavy atom. The van der Waals surface area contributed by atoms with Crippen LogP contribution in [0.1, 0.15) is 12.5 Å². The zero-order valence-electron chi connectivity index (χ0n) is 17.5. The number of Topliss-reactive ketones (excluding diaryl/α,β-unsaturated/α-hetero) is 1. The summed E-state index contributed by atoms with van der Waals surface area (Å²) in [4.78, 5) is 29.6. The maximum Gasteiger partial charge on any atom is 0.416 e. The lowest BCUT2D eigenvalue weighted by molar-refractivity contribution is -0.124. The van der Waals surface area contributed by atoms with Crippen LogP contribution >= 0.6 is 7.75 Å². The van der Waals surface area contributed by atoms with Crippen LogP contribution in [0.15, 0.2) is 42.6 Å². The van der Waals surface area contributed by atoms with Crippen LogP contribution in [0.5, 0.6) is 0 Å². The van der Waals surface area contributed by atoms with Crippen molar-refractivity contribution in [1.82, 2.24) is 10.1 Å². The summed E-state index contributed by atoms with van der Waals surface area (Å²) in [6.45, 7) is 1.75. The molecule has 0 aliphatic carbocycles. The van der Waals surface area contributed by atoms with Gasteiger partial charge in [-0.05, 0) is 30.2 Å². The van der Waals surface area contributed by atoms with E-state index in [1.54, 1.807) is 12.3 Å². The zero-order valence-corrected chi connectivity index (χ0v) is 18.4. The highest BCUT2D eigenvalue weighted by molar-refractivity contribution is 7.51. The summed E-state index contributed by atoms with van der Waals surface area (Å²) in [7, 11) is -0.660. The van der Waals surface area contributed by atoms with Crippen molar-refractivity contribution >= 4 is 25.4 Å². The monoisotopic (exact) mass is 448 g/mol. The third-order valence-corrected chi connectivity index (χ3v) is 6.49. The molecule has 0 saturated carbocycles. The Kier molecular flexibility index (Phi) is 7.19. The largest absolute Gasteiger partial charge is 0.435 e. The number of nitrogens with zero attached hydrogens (tertiary/aromatic N) is 2. The smallest absolute Gasteiger partial charge is 0.416 e. The van der Waals surface area contributed by atoms with E-state index in [0.29, 0.717) is 12.4 Å². The van der Waals surface area contributed by atoms with E-state index in [1.807, 2.05) is 30.3 Å². The number of carbonyl (C=O) groups excluding carboxylic acids is 2. The van der Waals surface area contributed by atoms with Crippen LogP contribution in [-0.2, 0) is 29.7 Å². The molecule has 1 amide bonds. The minimum absolute atomic E-state index is 0.0774. The van der Waals surface area contributed by atoms with Crippen molar-refractivity contribution in [3.8, 4) is 11.1 Å². The third-order valence-electron chi connectivity index (χ3n) is 4.99. The fraction of sp³-hybridized carbons (Fsp3) is 0.350. The van der Waals surface area contributed by atoms with Crippen LogP contribution in [0.25, 0.3) is 11.1 Å². The molecule has 1 fully saturated rings. The summed E-state index contributed by atoms with van der Waals surface area (Å²) < 4.78 is 26.9. The van der Waals surface area contributed by atoms with Crippen LogP contribution in [0.2, 0.25) is 0 Å². The van der Waals surface area contributed by atoms with Gasteiger partial charge in [0, 0.05) is 39.1 Å². The minimum Gasteiger partial charge on any atom is -0.435 e. The molecule has 1 aromatic carbocycles. The molecule has 10 nitrogen and oxygen atoms in total. The van der Waals surface area contributed by atoms with Crippen molar-refractivity contribution in [2.45, 2.75) is 25.6 Å². The Balaban J connectivity index is 1.72. The fourth-order valence-corrected chi connectivity index (χ4v) is 4.05. The standard InChI is InChI=1S/C20H25N4O6P/c1-13(25)19-17(10-21)24(20(26)30-19)18-9-8-16(12-22-18)15-6-4-14(5-7-15)11-23-31(27,28-2)29-3/h4-9,12,17,19H,10-11,21H2,1-3H3,(H,23,27)/t17?,19-/m1/s1. The first-order chi connectivity index (χ1) is 14.8. The van der Waals surface area contributed by atoms with Gasteiger partial charge in [0.15, 0.2) is 11.9 Å². The van der Waals surface area contributed by atoms with E-state index in [4.69, 9.17) is 19.5 Å². The Hall–Kier alpha value is -2.62. The van der Waals surface area contributed by atoms with Gasteiger partial charge < -0.3 is 19.5 Å². The van der Waals surface area contributed by atoms with Gasteiger partial charge in [-0.25, -0.2) is 19.4 Å². The highest BCUT2D eigenvalue weighted by Gasteiger charge is 2.44. The van der Waals surface area contributed by atoms with E-state index < -0.39 is 26.0 Å². The minimum atomic E-state index is -3.29. The number of hydrogen-bond acceptors (Lipinski definition) is 8. The quantitative estimate of drug-likeness (QED) is 0.555. The number of pyridine rings is 1. The van der Waals surface area contributed by atoms with Crippen molar-refractivity contribution in [3.05, 3.63) is 48.2 Å². The predicted octanol–water partition coefficient (Wildman–Crippen LogP) is 2.48. The Labute approximate surface area is 180 Å². The molecule has 2 heterocycles. The van der Waals surface area contributed by atoms with Gasteiger partial charge >= 0.3 is 13.8 Å². The molecule has 3 N–H and O–H groups in total. The summed E-state index contributed by atoms with van der Waals surface area (Å²) in [5.74, 6) is 0.105. The van der Waals surface area contributed by atoms with Gasteiger partial charge in [0.1, 0.15) is 5.82 Å². The van der Waals surface area contributed by atoms with Crippen molar-refractivity contribution < 1.29 is 27.9 Å². The van der Waals surface area contributed by atoms with Gasteiger partial charge in [-0.3, -0.25) is 9.69 Å². The van der Waals surface area contributed by atoms with Gasteiger partial charge in [0.05, 0.1) is 6.04 Å². The number of nitrogens with two attached hydrogens (primary N) is 1. The molecule has 1 unspecified atom stereocenters. The molecule has 1 saturated heterocycles. The number of carbonyl (C=O) groups is 2. The average molecular weight is 448 g/mol. The lowest BCUT2D eigenvalue weighted by atomic mass is 10.1. The number of ketones is 1. The topological polar surface area (TPSA) is 133 Å². The first-order valence-corrected chi connectivity index (χ1v) is 11.1. The average Bonchev–Trinajstić information content (AvgIpc) is 3.14. The molecule has 1 aliphatic heterocycles. The van der Waals surface area contributed by atoms with Crippen molar-refractivity contribution in [1.29, 1.82) is 0 Å². The first-order valence-electron chi connectivity index (χ1n) is 9.54. The van der Waals surface area contributed by atoms with E-state index in [-0.39, 0.29) is 12.3 Å². The van der Waals surface area contributed by atoms with Crippen molar-refractivity contribution in [2.75, 3.05) is 25.7 Å². The number of rotatable bonds is 9. The van der Waals surface area contributed by atoms with Crippen molar-refractivity contribution in [2.24, 2.45) is 5.73 Å². The lowest BCUT2D eigenvalue weighted by Crippen LogP contribution is -2.45. The van der Waals surface area contributed by atoms with E-state index in [2.05, 4.69) is 10.1 Å². The molecule has 0 radical (unpaired) electrons. The molecule has 2 aromatic rings. The lowest BCUT2D eigenvalue weighted by Gasteiger charge is -2.21. The highest BCUT2D eigenvalue weighted by Crippen LogP contribution is 2.41. The maximum absolute atomic E-state index is 12.2. The molecule has 1 aromatic heterocycles. The molecule has 11 heteroatoms. The third kappa shape index (κ3) is 5.00. The SMILES string of the molecule is COP(=O)(NCc1ccc(-c2ccc(N3C(=O)O[C@H](C(C)=O)C3CN)nc2)cc1)OC. The second-order valence-electron chi connectivity index (χ2n) is 6.89. The van der Waals surface area contributed by atoms with E-state index in [0.717, 1.165) is 16.7 Å². The Morgan fingerprint density at radius 1 is 1.19 bits per heavy atom. The number of amides is 1. The van der Waals surface area contributed by atoms with E-state index in [1.165, 1.54) is 26.0 Å². The fourth-order valence-electron chi connectivity index (χ4n) is 3.27. The summed E-state index contributed by atoms with van der Waals surface area (Å²) in [5, 5.41) is 2.75. The second kappa shape index (κ2) is 9.67. The van der Waals surface area contributed by atoms with Crippen LogP contribution in [0, 0.1) is 0 Å². The van der Waals surface area contributed by atoms with Gasteiger partial charge in [-0.15, -0.1) is 0 Å². The van der Waals surface area contributed by atoms with Gasteiger partial charge in [-0.1, -0.05) is 24.3 Å². The number of ether oxygens (including phenoxy) is 1. The summed E-state index contributed by atoms with van der Waals surface area (Å²) in [5.41, 5.74) is 8.40. The molecular formula is C20H25N4O6P. The van der Waals surface area contributed by atoms with Gasteiger partial charge in [0.25, 0.3) is 0 Å². The zero-order chi connectivity index (χ0) is 22.6. The molecule has 3 rings (SSSR count). The number of hydrogen-bond donors (Lipinski definition) is 2. The molecule has 166 valence electrons. The van der Waals surface area contributed by atoms with E-state index >= 15 is 0 Å². The van der Waals surface area contributed by atoms with Crippen LogP contribution in [0.4, 0.5) is 10.6 Å². The molecule has 2 atom stereocenters. The van der Waals surface area contributed by atoms with E-state index in [9.17, 15) is 14.2 Å². The normalized spacial score (nSPS) is 18.8. The number of anilines is 1. The Morgan fingerprint density at radius 3 is 2.35 bits per heavy atom. The number of cyclic esters (lactones) is 1. The predicted molar refractivity (Wildman–Crippen MR) is 114 cm³/mol. The summed E-state index contributed by atoms with van der Waals surface area (Å²) >= 11 is 0. The summed E-state index contributed by atoms with van der Waals surface area (Å²) in [6.07, 6.45) is 0.0954. The molecule has 31 heavy (non-hydrogen) atoms. The van der Waals surface area contributed by atoms with Crippen molar-refractivity contribution in [3.63, 3.8) is 0 Å². The van der Waals surface area contributed by atoms with Crippen LogP contribution in [0.3, 0.4) is 0 Å². The number of nitrogens with one attached hydrogen (secondary N) is 1. The number of aromatic nitrogens is 1. The first kappa shape index (κ1) is 23.1.